The van der Waals surface area contributed by atoms with Crippen LogP contribution in [0.2, 0.25) is 0 Å². The SMILES string of the molecule is CC(NCCCC(N)C(=O)OC(C)(C)C)[C@H]1CC[C@H]2[C@@H]3CCC4CC(O)CC[C@]4(C)[C@H]3CC[C@]12C. The van der Waals surface area contributed by atoms with Crippen molar-refractivity contribution >= 4 is 5.97 Å². The van der Waals surface area contributed by atoms with Gasteiger partial charge in [-0.15, -0.1) is 0 Å². The van der Waals surface area contributed by atoms with Crippen LogP contribution in [-0.4, -0.2) is 41.4 Å². The molecular weight excluding hydrogens is 436 g/mol. The van der Waals surface area contributed by atoms with Crippen molar-refractivity contribution in [3.05, 3.63) is 0 Å². The van der Waals surface area contributed by atoms with Gasteiger partial charge in [-0.3, -0.25) is 4.79 Å². The van der Waals surface area contributed by atoms with E-state index in [1.165, 1.54) is 44.9 Å². The van der Waals surface area contributed by atoms with Gasteiger partial charge in [0.15, 0.2) is 0 Å². The molecule has 0 bridgehead atoms. The molecule has 4 fully saturated rings. The van der Waals surface area contributed by atoms with Gasteiger partial charge in [-0.1, -0.05) is 13.8 Å². The van der Waals surface area contributed by atoms with E-state index in [9.17, 15) is 9.90 Å². The number of fused-ring (bicyclic) bond motifs is 5. The molecule has 0 aromatic heterocycles. The molecular formula is C30H54N2O3. The summed E-state index contributed by atoms with van der Waals surface area (Å²) in [6.45, 7) is 14.1. The van der Waals surface area contributed by atoms with Gasteiger partial charge >= 0.3 is 5.97 Å². The quantitative estimate of drug-likeness (QED) is 0.327. The van der Waals surface area contributed by atoms with Crippen LogP contribution in [0.15, 0.2) is 0 Å². The lowest BCUT2D eigenvalue weighted by molar-refractivity contribution is -0.156. The molecule has 0 heterocycles. The number of carbonyl (C=O) groups is 1. The molecule has 5 nitrogen and oxygen atoms in total. The minimum absolute atomic E-state index is 0.0556. The van der Waals surface area contributed by atoms with Gasteiger partial charge in [-0.2, -0.15) is 0 Å². The normalized spacial score (nSPS) is 43.0. The summed E-state index contributed by atoms with van der Waals surface area (Å²) in [5, 5.41) is 14.1. The molecule has 0 spiro atoms. The van der Waals surface area contributed by atoms with Gasteiger partial charge in [0.05, 0.1) is 6.10 Å². The van der Waals surface area contributed by atoms with Crippen molar-refractivity contribution < 1.29 is 14.6 Å². The second kappa shape index (κ2) is 10.3. The molecule has 0 aromatic carbocycles. The number of aliphatic hydroxyl groups is 1. The summed E-state index contributed by atoms with van der Waals surface area (Å²) >= 11 is 0. The smallest absolute Gasteiger partial charge is 0.323 e. The van der Waals surface area contributed by atoms with Gasteiger partial charge in [0, 0.05) is 6.04 Å². The van der Waals surface area contributed by atoms with Crippen LogP contribution in [0.3, 0.4) is 0 Å². The van der Waals surface area contributed by atoms with Crippen molar-refractivity contribution in [3.8, 4) is 0 Å². The van der Waals surface area contributed by atoms with Crippen LogP contribution >= 0.6 is 0 Å². The molecule has 4 aliphatic carbocycles. The Morgan fingerprint density at radius 1 is 1.06 bits per heavy atom. The van der Waals surface area contributed by atoms with E-state index >= 15 is 0 Å². The van der Waals surface area contributed by atoms with Gasteiger partial charge in [-0.05, 0) is 145 Å². The highest BCUT2D eigenvalue weighted by Gasteiger charge is 2.60. The molecule has 0 aliphatic heterocycles. The number of ether oxygens (including phenoxy) is 1. The summed E-state index contributed by atoms with van der Waals surface area (Å²) in [6, 6.07) is -0.0385. The largest absolute Gasteiger partial charge is 0.459 e. The molecule has 0 aromatic rings. The minimum Gasteiger partial charge on any atom is -0.459 e. The molecule has 4 aliphatic rings. The first kappa shape index (κ1) is 27.4. The Balaban J connectivity index is 1.30. The average Bonchev–Trinajstić information content (AvgIpc) is 3.13. The Labute approximate surface area is 214 Å². The lowest BCUT2D eigenvalue weighted by Crippen LogP contribution is -2.55. The molecule has 0 radical (unpaired) electrons. The van der Waals surface area contributed by atoms with Crippen LogP contribution < -0.4 is 11.1 Å². The highest BCUT2D eigenvalue weighted by atomic mass is 16.6. The zero-order valence-corrected chi connectivity index (χ0v) is 23.4. The third-order valence-electron chi connectivity index (χ3n) is 11.2. The standard InChI is InChI=1S/C30H54N2O3/c1-19(32-17-7-8-26(31)27(34)35-28(2,3)4)23-11-12-24-22-10-9-20-18-21(33)13-15-29(20,5)25(22)14-16-30(23,24)6/h19-26,32-33H,7-18,31H2,1-6H3/t19?,20?,21?,22-,23+,24-,25-,26?,29-,30+/m0/s1. The van der Waals surface area contributed by atoms with E-state index in [1.807, 2.05) is 20.8 Å². The van der Waals surface area contributed by atoms with Crippen LogP contribution in [0.25, 0.3) is 0 Å². The Morgan fingerprint density at radius 3 is 2.46 bits per heavy atom. The van der Waals surface area contributed by atoms with Crippen molar-refractivity contribution in [3.63, 3.8) is 0 Å². The molecule has 35 heavy (non-hydrogen) atoms. The number of rotatable bonds is 7. The Bertz CT molecular complexity index is 750. The molecule has 4 unspecified atom stereocenters. The van der Waals surface area contributed by atoms with Crippen LogP contribution in [0.4, 0.5) is 0 Å². The number of nitrogens with one attached hydrogen (secondary N) is 1. The third-order valence-corrected chi connectivity index (χ3v) is 11.2. The molecule has 4 saturated carbocycles. The molecule has 10 atom stereocenters. The molecule has 4 N–H and O–H groups in total. The molecule has 0 saturated heterocycles. The van der Waals surface area contributed by atoms with E-state index in [2.05, 4.69) is 26.1 Å². The third kappa shape index (κ3) is 5.48. The first-order valence-corrected chi connectivity index (χ1v) is 14.7. The molecule has 5 heteroatoms. The number of hydrogen-bond acceptors (Lipinski definition) is 5. The van der Waals surface area contributed by atoms with Crippen LogP contribution in [0.1, 0.15) is 112 Å². The van der Waals surface area contributed by atoms with Gasteiger partial charge in [0.2, 0.25) is 0 Å². The first-order valence-electron chi connectivity index (χ1n) is 14.7. The summed E-state index contributed by atoms with van der Waals surface area (Å²) in [4.78, 5) is 12.2. The van der Waals surface area contributed by atoms with Gasteiger partial charge in [0.25, 0.3) is 0 Å². The maximum Gasteiger partial charge on any atom is 0.323 e. The number of carbonyl (C=O) groups excluding carboxylic acids is 1. The zero-order valence-electron chi connectivity index (χ0n) is 23.4. The number of hydrogen-bond donors (Lipinski definition) is 3. The maximum atomic E-state index is 12.2. The molecule has 0 amide bonds. The van der Waals surface area contributed by atoms with Crippen molar-refractivity contribution in [1.29, 1.82) is 0 Å². The maximum absolute atomic E-state index is 12.2. The molecule has 202 valence electrons. The van der Waals surface area contributed by atoms with E-state index in [-0.39, 0.29) is 12.1 Å². The van der Waals surface area contributed by atoms with E-state index in [0.29, 0.717) is 23.3 Å². The number of esters is 1. The lowest BCUT2D eigenvalue weighted by Gasteiger charge is -2.61. The fraction of sp³-hybridized carbons (Fsp3) is 0.967. The Hall–Kier alpha value is -0.650. The monoisotopic (exact) mass is 490 g/mol. The van der Waals surface area contributed by atoms with E-state index in [0.717, 1.165) is 55.4 Å². The number of aliphatic hydroxyl groups excluding tert-OH is 1. The first-order chi connectivity index (χ1) is 16.3. The summed E-state index contributed by atoms with van der Waals surface area (Å²) in [5.74, 6) is 3.79. The predicted molar refractivity (Wildman–Crippen MR) is 142 cm³/mol. The molecule has 4 rings (SSSR count). The summed E-state index contributed by atoms with van der Waals surface area (Å²) in [5.41, 5.74) is 6.50. The fourth-order valence-electron chi connectivity index (χ4n) is 9.39. The highest BCUT2D eigenvalue weighted by Crippen LogP contribution is 2.67. The second-order valence-electron chi connectivity index (χ2n) is 14.3. The van der Waals surface area contributed by atoms with Crippen molar-refractivity contribution in [2.24, 2.45) is 46.2 Å². The Kier molecular flexibility index (Phi) is 8.02. The van der Waals surface area contributed by atoms with Gasteiger partial charge in [-0.25, -0.2) is 0 Å². The van der Waals surface area contributed by atoms with Crippen molar-refractivity contribution in [2.75, 3.05) is 6.54 Å². The average molecular weight is 491 g/mol. The minimum atomic E-state index is -0.535. The second-order valence-corrected chi connectivity index (χ2v) is 14.3. The fourth-order valence-corrected chi connectivity index (χ4v) is 9.39. The highest BCUT2D eigenvalue weighted by molar-refractivity contribution is 5.75. The van der Waals surface area contributed by atoms with Crippen LogP contribution in [-0.2, 0) is 9.53 Å². The summed E-state index contributed by atoms with van der Waals surface area (Å²) < 4.78 is 5.42. The zero-order chi connectivity index (χ0) is 25.6. The van der Waals surface area contributed by atoms with Gasteiger partial charge in [0.1, 0.15) is 11.6 Å². The van der Waals surface area contributed by atoms with Crippen molar-refractivity contribution in [1.82, 2.24) is 5.32 Å². The van der Waals surface area contributed by atoms with Crippen molar-refractivity contribution in [2.45, 2.75) is 136 Å². The predicted octanol–water partition coefficient (Wildman–Crippen LogP) is 5.43. The lowest BCUT2D eigenvalue weighted by atomic mass is 9.44. The number of nitrogens with two attached hydrogens (primary N) is 1. The topological polar surface area (TPSA) is 84.6 Å². The summed E-state index contributed by atoms with van der Waals surface area (Å²) in [6.07, 6.45) is 13.0. The van der Waals surface area contributed by atoms with E-state index in [4.69, 9.17) is 10.5 Å². The van der Waals surface area contributed by atoms with E-state index < -0.39 is 11.6 Å². The van der Waals surface area contributed by atoms with Crippen LogP contribution in [0.5, 0.6) is 0 Å². The summed E-state index contributed by atoms with van der Waals surface area (Å²) in [7, 11) is 0. The Morgan fingerprint density at radius 2 is 1.74 bits per heavy atom. The van der Waals surface area contributed by atoms with Crippen LogP contribution in [0, 0.1) is 40.4 Å². The van der Waals surface area contributed by atoms with E-state index in [1.54, 1.807) is 0 Å². The van der Waals surface area contributed by atoms with Gasteiger partial charge < -0.3 is 20.9 Å².